The molecule has 0 aliphatic carbocycles. The summed E-state index contributed by atoms with van der Waals surface area (Å²) < 4.78 is 15.7. The van der Waals surface area contributed by atoms with E-state index in [1.807, 2.05) is 123 Å². The first-order valence-corrected chi connectivity index (χ1v) is 24.1. The molecule has 16 nitrogen and oxygen atoms in total. The summed E-state index contributed by atoms with van der Waals surface area (Å²) in [5.41, 5.74) is 17.3. The van der Waals surface area contributed by atoms with E-state index in [1.165, 1.54) is 12.7 Å². The van der Waals surface area contributed by atoms with Crippen LogP contribution in [0.3, 0.4) is 0 Å². The molecule has 0 unspecified atom stereocenters. The normalized spacial score (nSPS) is 15.7. The summed E-state index contributed by atoms with van der Waals surface area (Å²) in [6.07, 6.45) is 7.54. The van der Waals surface area contributed by atoms with E-state index >= 15 is 0 Å². The molecule has 2 fully saturated rings. The van der Waals surface area contributed by atoms with Crippen molar-refractivity contribution in [3.63, 3.8) is 0 Å². The summed E-state index contributed by atoms with van der Waals surface area (Å²) in [5, 5.41) is 14.4. The number of benzene rings is 4. The van der Waals surface area contributed by atoms with Gasteiger partial charge in [0.15, 0.2) is 11.3 Å². The predicted molar refractivity (Wildman–Crippen MR) is 271 cm³/mol. The Balaban J connectivity index is 0.000000168. The highest BCUT2D eigenvalue weighted by molar-refractivity contribution is 6.63. The van der Waals surface area contributed by atoms with Crippen molar-refractivity contribution < 1.29 is 19.1 Å². The summed E-state index contributed by atoms with van der Waals surface area (Å²) in [6, 6.07) is 35.2. The number of anilines is 2. The van der Waals surface area contributed by atoms with E-state index in [0.717, 1.165) is 96.2 Å². The molecule has 2 saturated heterocycles. The maximum atomic E-state index is 12.4. The molecule has 2 atom stereocenters. The van der Waals surface area contributed by atoms with Crippen LogP contribution in [0.2, 0.25) is 0 Å². The van der Waals surface area contributed by atoms with Crippen molar-refractivity contribution in [3.8, 4) is 45.5 Å². The van der Waals surface area contributed by atoms with Crippen molar-refractivity contribution in [1.29, 1.82) is 0 Å². The molecule has 69 heavy (non-hydrogen) atoms. The van der Waals surface area contributed by atoms with Crippen LogP contribution in [-0.4, -0.2) is 93.5 Å². The first-order chi connectivity index (χ1) is 33.7. The molecule has 2 aliphatic rings. The largest absolute Gasteiger partial charge is 0.457 e. The Morgan fingerprint density at radius 2 is 1.10 bits per heavy atom. The number of aromatic nitrogens is 8. The second kappa shape index (κ2) is 23.4. The van der Waals surface area contributed by atoms with Crippen LogP contribution in [0.25, 0.3) is 44.6 Å². The smallest absolute Gasteiger partial charge is 0.223 e. The zero-order valence-electron chi connectivity index (χ0n) is 37.6. The number of carbonyl (C=O) groups excluding carboxylic acids is 2. The van der Waals surface area contributed by atoms with E-state index in [9.17, 15) is 9.59 Å². The third-order valence-corrected chi connectivity index (χ3v) is 12.1. The molecule has 0 spiro atoms. The van der Waals surface area contributed by atoms with Crippen molar-refractivity contribution in [2.24, 2.45) is 0 Å². The molecule has 5 N–H and O–H groups in total. The number of likely N-dealkylation sites (tertiary alicyclic amines) is 1. The van der Waals surface area contributed by atoms with Crippen molar-refractivity contribution >= 4 is 79.7 Å². The highest BCUT2D eigenvalue weighted by Crippen LogP contribution is 2.36. The van der Waals surface area contributed by atoms with Crippen LogP contribution in [0.5, 0.6) is 23.0 Å². The first kappa shape index (κ1) is 48.6. The summed E-state index contributed by atoms with van der Waals surface area (Å²) in [4.78, 5) is 41.4. The number of rotatable bonds is 12. The highest BCUT2D eigenvalue weighted by atomic mass is 35.5. The monoisotopic (exact) mass is 988 g/mol. The molecule has 1 amide bonds. The van der Waals surface area contributed by atoms with Gasteiger partial charge < -0.3 is 31.2 Å². The second-order valence-corrected chi connectivity index (χ2v) is 17.4. The average molecular weight is 990 g/mol. The zero-order chi connectivity index (χ0) is 48.1. The lowest BCUT2D eigenvalue weighted by molar-refractivity contribution is -0.132. The molecule has 4 aromatic carbocycles. The fraction of sp³-hybridized carbons (Fsp3) is 0.280. The van der Waals surface area contributed by atoms with Crippen LogP contribution in [0.1, 0.15) is 50.6 Å². The number of hydrogen-bond acceptors (Lipinski definition) is 13. The minimum absolute atomic E-state index is 0.000683. The predicted octanol–water partition coefficient (Wildman–Crippen LogP) is 9.83. The van der Waals surface area contributed by atoms with Gasteiger partial charge in [-0.2, -0.15) is 10.2 Å². The van der Waals surface area contributed by atoms with Gasteiger partial charge >= 0.3 is 0 Å². The third-order valence-electron chi connectivity index (χ3n) is 11.6. The van der Waals surface area contributed by atoms with Crippen LogP contribution in [0.15, 0.2) is 122 Å². The molecule has 4 aromatic heterocycles. The zero-order valence-corrected chi connectivity index (χ0v) is 39.9. The van der Waals surface area contributed by atoms with Gasteiger partial charge in [0.25, 0.3) is 0 Å². The molecular weight excluding hydrogens is 939 g/mol. The minimum atomic E-state index is -0.370. The van der Waals surface area contributed by atoms with E-state index in [4.69, 9.17) is 65.9 Å². The Hall–Kier alpha value is -6.85. The van der Waals surface area contributed by atoms with Crippen LogP contribution in [0, 0.1) is 0 Å². The molecule has 0 bridgehead atoms. The number of para-hydroxylation sites is 2. The van der Waals surface area contributed by atoms with Gasteiger partial charge in [-0.1, -0.05) is 36.4 Å². The third kappa shape index (κ3) is 12.1. The first-order valence-electron chi connectivity index (χ1n) is 22.6. The molecular formula is C50H51Cl3N12O4. The number of hydrogen-bond donors (Lipinski definition) is 3. The van der Waals surface area contributed by atoms with Crippen molar-refractivity contribution in [1.82, 2.24) is 49.7 Å². The lowest BCUT2D eigenvalue weighted by Gasteiger charge is -2.33. The quantitative estimate of drug-likeness (QED) is 0.0771. The van der Waals surface area contributed by atoms with Gasteiger partial charge in [0.05, 0.1) is 22.9 Å². The highest BCUT2D eigenvalue weighted by Gasteiger charge is 2.29. The van der Waals surface area contributed by atoms with Crippen molar-refractivity contribution in [2.75, 3.05) is 49.4 Å². The standard InChI is InChI=1S/C25H25ClN6O2.C22H22N6O.C3H4Cl2O/c26-13-12-21(33)31-14-4-5-18(15-31)32-25-22(24(27)28-16-29-25)23(30-32)17-8-10-20(11-9-17)34-19-6-2-1-3-7-19;23-21-19-20(15-8-10-18(11-9-15)29-17-6-2-1-3-7-17)27-28(22(19)26-14-25-21)16-5-4-12-24-13-16;4-2-1-3(5)6/h1-3,6-11,16,18H,4-5,12-15H2,(H2,27,28,29);1-3,6-11,14,16,24H,4-5,12-13H2,(H2,23,25,26);1-2H2/t18-;16-;/m11./s1. The Labute approximate surface area is 413 Å². The second-order valence-electron chi connectivity index (χ2n) is 16.2. The van der Waals surface area contributed by atoms with Gasteiger partial charge in [0.2, 0.25) is 11.1 Å². The Kier molecular flexibility index (Phi) is 16.5. The Morgan fingerprint density at radius 1 is 0.623 bits per heavy atom. The molecule has 2 aliphatic heterocycles. The molecule has 10 rings (SSSR count). The number of fused-ring (bicyclic) bond motifs is 2. The molecule has 6 heterocycles. The van der Waals surface area contributed by atoms with E-state index in [1.54, 1.807) is 0 Å². The molecule has 356 valence electrons. The fourth-order valence-corrected chi connectivity index (χ4v) is 8.78. The van der Waals surface area contributed by atoms with Crippen LogP contribution in [0.4, 0.5) is 11.6 Å². The van der Waals surface area contributed by atoms with Crippen molar-refractivity contribution in [2.45, 2.75) is 50.6 Å². The van der Waals surface area contributed by atoms with E-state index in [2.05, 4.69) is 25.3 Å². The number of amides is 1. The average Bonchev–Trinajstić information content (AvgIpc) is 3.97. The summed E-state index contributed by atoms with van der Waals surface area (Å²) in [6.45, 7) is 3.23. The lowest BCUT2D eigenvalue weighted by Crippen LogP contribution is -2.41. The molecule has 0 saturated carbocycles. The van der Waals surface area contributed by atoms with Gasteiger partial charge in [0, 0.05) is 55.4 Å². The maximum absolute atomic E-state index is 12.4. The Bertz CT molecular complexity index is 2950. The number of ether oxygens (including phenoxy) is 2. The van der Waals surface area contributed by atoms with E-state index in [0.29, 0.717) is 53.1 Å². The van der Waals surface area contributed by atoms with Gasteiger partial charge in [-0.05, 0) is 117 Å². The number of nitrogens with two attached hydrogens (primary N) is 2. The SMILES string of the molecule is Nc1ncnc2c1c(-c1ccc(Oc3ccccc3)cc1)nn2[C@@H]1CCCN(C(=O)CCCl)C1.Nc1ncnc2c1c(-c1ccc(Oc3ccccc3)cc1)nn2[C@@H]1CCCNC1.O=C(Cl)CCCl. The number of alkyl halides is 2. The maximum Gasteiger partial charge on any atom is 0.223 e. The van der Waals surface area contributed by atoms with Gasteiger partial charge in [0.1, 0.15) is 58.7 Å². The van der Waals surface area contributed by atoms with Crippen LogP contribution < -0.4 is 26.3 Å². The van der Waals surface area contributed by atoms with E-state index < -0.39 is 0 Å². The van der Waals surface area contributed by atoms with Gasteiger partial charge in [-0.15, -0.1) is 23.2 Å². The number of piperidine rings is 2. The van der Waals surface area contributed by atoms with Crippen LogP contribution >= 0.6 is 34.8 Å². The minimum Gasteiger partial charge on any atom is -0.457 e. The molecule has 0 radical (unpaired) electrons. The molecule has 19 heteroatoms. The van der Waals surface area contributed by atoms with E-state index in [-0.39, 0.29) is 29.7 Å². The number of nitrogens with one attached hydrogen (secondary N) is 1. The number of nitrogens with zero attached hydrogens (tertiary/aromatic N) is 9. The number of nitrogen functional groups attached to an aromatic ring is 2. The fourth-order valence-electron chi connectivity index (χ4n) is 8.25. The topological polar surface area (TPSA) is 207 Å². The summed E-state index contributed by atoms with van der Waals surface area (Å²) in [5.74, 6) is 4.61. The Morgan fingerprint density at radius 3 is 1.55 bits per heavy atom. The summed E-state index contributed by atoms with van der Waals surface area (Å²) in [7, 11) is 0. The lowest BCUT2D eigenvalue weighted by atomic mass is 10.1. The summed E-state index contributed by atoms with van der Waals surface area (Å²) >= 11 is 15.7. The number of halogens is 3. The molecule has 8 aromatic rings. The van der Waals surface area contributed by atoms with Crippen LogP contribution in [-0.2, 0) is 9.59 Å². The van der Waals surface area contributed by atoms with Gasteiger partial charge in [-0.3, -0.25) is 9.59 Å². The van der Waals surface area contributed by atoms with Crippen molar-refractivity contribution in [3.05, 3.63) is 122 Å². The van der Waals surface area contributed by atoms with Gasteiger partial charge in [-0.25, -0.2) is 29.3 Å². The number of carbonyl (C=O) groups is 2.